The first-order valence-corrected chi connectivity index (χ1v) is 14.1. The van der Waals surface area contributed by atoms with Crippen LogP contribution in [0.3, 0.4) is 0 Å². The van der Waals surface area contributed by atoms with E-state index in [1.807, 2.05) is 23.1 Å². The molecule has 8 nitrogen and oxygen atoms in total. The number of fused-ring (bicyclic) bond motifs is 1. The molecule has 3 aliphatic rings. The van der Waals surface area contributed by atoms with E-state index in [1.54, 1.807) is 24.5 Å². The number of piperidine rings is 1. The number of nitrogens with zero attached hydrogens (tertiary/aromatic N) is 5. The summed E-state index contributed by atoms with van der Waals surface area (Å²) in [5.74, 6) is -0.303. The molecule has 0 N–H and O–H groups in total. The van der Waals surface area contributed by atoms with Crippen molar-refractivity contribution in [2.75, 3.05) is 49.1 Å². The van der Waals surface area contributed by atoms with Gasteiger partial charge in [0, 0.05) is 63.3 Å². The van der Waals surface area contributed by atoms with E-state index in [9.17, 15) is 14.4 Å². The number of aryl methyl sites for hydroxylation is 2. The lowest BCUT2D eigenvalue weighted by molar-refractivity contribution is -0.136. The average molecular weight is 538 g/mol. The van der Waals surface area contributed by atoms with E-state index in [0.717, 1.165) is 50.3 Å². The molecule has 206 valence electrons. The quantitative estimate of drug-likeness (QED) is 0.457. The van der Waals surface area contributed by atoms with Gasteiger partial charge in [-0.15, -0.1) is 0 Å². The normalized spacial score (nSPS) is 17.9. The first-order valence-electron chi connectivity index (χ1n) is 14.1. The number of carbonyl (C=O) groups is 3. The van der Waals surface area contributed by atoms with Gasteiger partial charge in [-0.25, -0.2) is 0 Å². The zero-order valence-corrected chi connectivity index (χ0v) is 23.2. The van der Waals surface area contributed by atoms with Crippen LogP contribution in [-0.2, 0) is 11.3 Å². The molecule has 0 radical (unpaired) electrons. The van der Waals surface area contributed by atoms with Crippen molar-refractivity contribution < 1.29 is 14.4 Å². The lowest BCUT2D eigenvalue weighted by Gasteiger charge is -2.40. The van der Waals surface area contributed by atoms with E-state index in [1.165, 1.54) is 21.7 Å². The summed E-state index contributed by atoms with van der Waals surface area (Å²) < 4.78 is 0. The Kier molecular flexibility index (Phi) is 7.00. The lowest BCUT2D eigenvalue weighted by atomic mass is 9.93. The van der Waals surface area contributed by atoms with Gasteiger partial charge in [0.1, 0.15) is 0 Å². The number of benzene rings is 2. The van der Waals surface area contributed by atoms with E-state index in [-0.39, 0.29) is 30.2 Å². The third-order valence-electron chi connectivity index (χ3n) is 8.51. The van der Waals surface area contributed by atoms with Crippen molar-refractivity contribution in [3.05, 3.63) is 88.7 Å². The lowest BCUT2D eigenvalue weighted by Crippen LogP contribution is -2.52. The van der Waals surface area contributed by atoms with Crippen molar-refractivity contribution in [2.45, 2.75) is 33.2 Å². The van der Waals surface area contributed by atoms with Gasteiger partial charge in [-0.05, 0) is 62.1 Å². The number of pyridine rings is 1. The van der Waals surface area contributed by atoms with Gasteiger partial charge in [0.2, 0.25) is 5.91 Å². The van der Waals surface area contributed by atoms with Crippen LogP contribution in [0.15, 0.2) is 60.9 Å². The maximum absolute atomic E-state index is 13.4. The molecule has 3 aliphatic heterocycles. The van der Waals surface area contributed by atoms with Crippen molar-refractivity contribution in [3.63, 3.8) is 0 Å². The summed E-state index contributed by atoms with van der Waals surface area (Å²) in [7, 11) is 0. The van der Waals surface area contributed by atoms with Gasteiger partial charge < -0.3 is 14.7 Å². The highest BCUT2D eigenvalue weighted by Crippen LogP contribution is 2.35. The second-order valence-corrected chi connectivity index (χ2v) is 11.1. The second kappa shape index (κ2) is 10.8. The number of carbonyl (C=O) groups excluding carboxylic acids is 3. The molecule has 2 saturated heterocycles. The van der Waals surface area contributed by atoms with Gasteiger partial charge >= 0.3 is 0 Å². The maximum atomic E-state index is 13.4. The van der Waals surface area contributed by atoms with Crippen LogP contribution in [0.2, 0.25) is 0 Å². The number of hydrogen-bond acceptors (Lipinski definition) is 6. The molecular formula is C32H35N5O3. The first-order chi connectivity index (χ1) is 19.4. The van der Waals surface area contributed by atoms with Gasteiger partial charge in [-0.2, -0.15) is 0 Å². The fraction of sp³-hybridized carbons (Fsp3) is 0.375. The van der Waals surface area contributed by atoms with Crippen LogP contribution in [0, 0.1) is 19.8 Å². The summed E-state index contributed by atoms with van der Waals surface area (Å²) in [4.78, 5) is 51.9. The van der Waals surface area contributed by atoms with Crippen molar-refractivity contribution in [1.29, 1.82) is 0 Å². The Bertz CT molecular complexity index is 1440. The fourth-order valence-corrected chi connectivity index (χ4v) is 6.35. The number of rotatable bonds is 5. The van der Waals surface area contributed by atoms with Gasteiger partial charge in [0.25, 0.3) is 11.8 Å². The van der Waals surface area contributed by atoms with E-state index >= 15 is 0 Å². The molecule has 3 aromatic rings. The number of hydrogen-bond donors (Lipinski definition) is 0. The SMILES string of the molecule is Cc1ccc(N2CCN(C(=O)C3CCN(c4cccc5c4C(=O)N(Cc4cccnc4)C5=O)CC3)CC2)c(C)c1. The molecule has 2 aromatic carbocycles. The minimum atomic E-state index is -0.268. The summed E-state index contributed by atoms with van der Waals surface area (Å²) >= 11 is 0. The zero-order chi connectivity index (χ0) is 27.8. The van der Waals surface area contributed by atoms with E-state index in [0.29, 0.717) is 24.2 Å². The molecule has 6 rings (SSSR count). The Morgan fingerprint density at radius 2 is 1.60 bits per heavy atom. The first kappa shape index (κ1) is 26.0. The van der Waals surface area contributed by atoms with Crippen LogP contribution in [0.5, 0.6) is 0 Å². The number of imide groups is 1. The molecule has 8 heteroatoms. The highest BCUT2D eigenvalue weighted by molar-refractivity contribution is 6.23. The molecule has 40 heavy (non-hydrogen) atoms. The number of aromatic nitrogens is 1. The van der Waals surface area contributed by atoms with E-state index in [2.05, 4.69) is 46.8 Å². The Morgan fingerprint density at radius 3 is 2.30 bits per heavy atom. The van der Waals surface area contributed by atoms with Crippen LogP contribution in [-0.4, -0.2) is 71.8 Å². The van der Waals surface area contributed by atoms with Crippen LogP contribution >= 0.6 is 0 Å². The Morgan fingerprint density at radius 1 is 0.850 bits per heavy atom. The number of anilines is 2. The van der Waals surface area contributed by atoms with Gasteiger partial charge in [0.15, 0.2) is 0 Å². The third kappa shape index (κ3) is 4.83. The molecule has 0 bridgehead atoms. The summed E-state index contributed by atoms with van der Waals surface area (Å²) in [6, 6.07) is 15.7. The molecule has 3 amide bonds. The monoisotopic (exact) mass is 537 g/mol. The highest BCUT2D eigenvalue weighted by atomic mass is 16.2. The summed E-state index contributed by atoms with van der Waals surface area (Å²) in [6.45, 7) is 8.99. The maximum Gasteiger partial charge on any atom is 0.263 e. The summed E-state index contributed by atoms with van der Waals surface area (Å²) in [5.41, 5.74) is 6.33. The van der Waals surface area contributed by atoms with E-state index in [4.69, 9.17) is 0 Å². The molecular weight excluding hydrogens is 502 g/mol. The highest BCUT2D eigenvalue weighted by Gasteiger charge is 2.39. The molecule has 0 spiro atoms. The molecule has 2 fully saturated rings. The smallest absolute Gasteiger partial charge is 0.263 e. The second-order valence-electron chi connectivity index (χ2n) is 11.1. The molecule has 4 heterocycles. The standard InChI is InChI=1S/C32H35N5O3/c1-22-8-9-27(23(2)19-22)35-15-17-36(18-16-35)30(38)25-10-13-34(14-11-25)28-7-3-6-26-29(28)32(40)37(31(26)39)21-24-5-4-12-33-20-24/h3-9,12,19-20,25H,10-11,13-18,21H2,1-2H3. The predicted molar refractivity (Wildman–Crippen MR) is 155 cm³/mol. The number of amides is 3. The Balaban J connectivity index is 1.08. The molecule has 0 atom stereocenters. The zero-order valence-electron chi connectivity index (χ0n) is 23.2. The summed E-state index contributed by atoms with van der Waals surface area (Å²) in [5, 5.41) is 0. The van der Waals surface area contributed by atoms with E-state index < -0.39 is 0 Å². The van der Waals surface area contributed by atoms with Crippen LogP contribution < -0.4 is 9.80 Å². The fourth-order valence-electron chi connectivity index (χ4n) is 6.35. The minimum Gasteiger partial charge on any atom is -0.371 e. The predicted octanol–water partition coefficient (Wildman–Crippen LogP) is 4.06. The summed E-state index contributed by atoms with van der Waals surface area (Å²) in [6.07, 6.45) is 4.82. The average Bonchev–Trinajstić information content (AvgIpc) is 3.22. The van der Waals surface area contributed by atoms with Crippen molar-refractivity contribution in [1.82, 2.24) is 14.8 Å². The van der Waals surface area contributed by atoms with Crippen molar-refractivity contribution in [3.8, 4) is 0 Å². The van der Waals surface area contributed by atoms with Gasteiger partial charge in [-0.1, -0.05) is 29.8 Å². The molecule has 0 unspecified atom stereocenters. The molecule has 0 aliphatic carbocycles. The van der Waals surface area contributed by atoms with Crippen LogP contribution in [0.1, 0.15) is 50.2 Å². The van der Waals surface area contributed by atoms with Crippen molar-refractivity contribution in [2.24, 2.45) is 5.92 Å². The third-order valence-corrected chi connectivity index (χ3v) is 8.51. The van der Waals surface area contributed by atoms with Gasteiger partial charge in [-0.3, -0.25) is 24.3 Å². The van der Waals surface area contributed by atoms with Crippen LogP contribution in [0.25, 0.3) is 0 Å². The van der Waals surface area contributed by atoms with Crippen molar-refractivity contribution >= 4 is 29.1 Å². The van der Waals surface area contributed by atoms with Gasteiger partial charge in [0.05, 0.1) is 23.4 Å². The minimum absolute atomic E-state index is 0.0138. The van der Waals surface area contributed by atoms with Crippen LogP contribution in [0.4, 0.5) is 11.4 Å². The molecule has 0 saturated carbocycles. The Hall–Kier alpha value is -4.20. The number of piperazine rings is 1. The topological polar surface area (TPSA) is 77.1 Å². The largest absolute Gasteiger partial charge is 0.371 e. The molecule has 1 aromatic heterocycles. The Labute approximate surface area is 235 Å².